The molecule has 1 spiro atoms. The van der Waals surface area contributed by atoms with Crippen molar-refractivity contribution in [3.8, 4) is 0 Å². The maximum atomic E-state index is 13.8. The summed E-state index contributed by atoms with van der Waals surface area (Å²) in [6, 6.07) is -0.555. The van der Waals surface area contributed by atoms with E-state index in [2.05, 4.69) is 37.9 Å². The Morgan fingerprint density at radius 2 is 1.70 bits per heavy atom. The maximum absolute atomic E-state index is 13.8. The molecule has 0 aromatic heterocycles. The van der Waals surface area contributed by atoms with E-state index < -0.39 is 5.79 Å². The number of piperidine rings is 2. The number of likely N-dealkylation sites (tertiary alicyclic amines) is 2. The third-order valence-corrected chi connectivity index (χ3v) is 9.29. The molecule has 1 N–H and O–H groups in total. The highest BCUT2D eigenvalue weighted by Gasteiger charge is 2.47. The van der Waals surface area contributed by atoms with Crippen LogP contribution in [-0.2, 0) is 19.1 Å². The van der Waals surface area contributed by atoms with Gasteiger partial charge >= 0.3 is 0 Å². The molecule has 0 aromatic rings. The van der Waals surface area contributed by atoms with Crippen LogP contribution < -0.4 is 5.32 Å². The molecule has 210 valence electrons. The van der Waals surface area contributed by atoms with Crippen LogP contribution in [0.15, 0.2) is 0 Å². The lowest BCUT2D eigenvalue weighted by molar-refractivity contribution is -0.298. The zero-order valence-electron chi connectivity index (χ0n) is 23.6. The van der Waals surface area contributed by atoms with Crippen LogP contribution in [0.4, 0.5) is 0 Å². The summed E-state index contributed by atoms with van der Waals surface area (Å²) in [5.41, 5.74) is 0. The Kier molecular flexibility index (Phi) is 8.49. The lowest BCUT2D eigenvalue weighted by Gasteiger charge is -2.47. The van der Waals surface area contributed by atoms with Gasteiger partial charge in [0.15, 0.2) is 5.79 Å². The minimum atomic E-state index is -0.541. The molecule has 4 atom stereocenters. The number of nitrogens with zero attached hydrogens (tertiary/aromatic N) is 3. The van der Waals surface area contributed by atoms with E-state index in [0.29, 0.717) is 56.7 Å². The predicted molar refractivity (Wildman–Crippen MR) is 143 cm³/mol. The van der Waals surface area contributed by atoms with Crippen molar-refractivity contribution in [2.45, 2.75) is 84.1 Å². The smallest absolute Gasteiger partial charge is 0.245 e. The second kappa shape index (κ2) is 11.5. The number of carbonyl (C=O) groups is 2. The molecular formula is C29H50N4O4. The van der Waals surface area contributed by atoms with E-state index in [1.54, 1.807) is 0 Å². The zero-order chi connectivity index (χ0) is 26.2. The summed E-state index contributed by atoms with van der Waals surface area (Å²) in [5.74, 6) is 2.92. The van der Waals surface area contributed by atoms with Crippen molar-refractivity contribution in [1.29, 1.82) is 0 Å². The number of carbonyl (C=O) groups excluding carboxylic acids is 2. The van der Waals surface area contributed by atoms with Gasteiger partial charge in [-0.1, -0.05) is 27.7 Å². The van der Waals surface area contributed by atoms with Crippen LogP contribution in [0.2, 0.25) is 0 Å². The van der Waals surface area contributed by atoms with E-state index in [-0.39, 0.29) is 23.9 Å². The monoisotopic (exact) mass is 518 g/mol. The first-order valence-electron chi connectivity index (χ1n) is 15.1. The third-order valence-electron chi connectivity index (χ3n) is 9.29. The average molecular weight is 519 g/mol. The van der Waals surface area contributed by atoms with Gasteiger partial charge in [-0.25, -0.2) is 0 Å². The van der Waals surface area contributed by atoms with Gasteiger partial charge in [0, 0.05) is 64.6 Å². The summed E-state index contributed by atoms with van der Waals surface area (Å²) in [7, 11) is 0. The number of piperazine rings is 1. The molecule has 5 rings (SSSR count). The van der Waals surface area contributed by atoms with Crippen molar-refractivity contribution in [1.82, 2.24) is 20.0 Å². The molecule has 5 fully saturated rings. The van der Waals surface area contributed by atoms with Crippen molar-refractivity contribution < 1.29 is 19.1 Å². The lowest BCUT2D eigenvalue weighted by Crippen LogP contribution is -2.62. The second-order valence-electron chi connectivity index (χ2n) is 13.4. The van der Waals surface area contributed by atoms with Gasteiger partial charge in [0.05, 0.1) is 19.3 Å². The minimum Gasteiger partial charge on any atom is -0.349 e. The quantitative estimate of drug-likeness (QED) is 0.506. The maximum Gasteiger partial charge on any atom is 0.245 e. The van der Waals surface area contributed by atoms with E-state index in [9.17, 15) is 9.59 Å². The number of fused-ring (bicyclic) bond motifs is 1. The Bertz CT molecular complexity index is 792. The van der Waals surface area contributed by atoms with Gasteiger partial charge in [0.2, 0.25) is 11.8 Å². The summed E-state index contributed by atoms with van der Waals surface area (Å²) < 4.78 is 12.7. The van der Waals surface area contributed by atoms with Crippen molar-refractivity contribution in [2.75, 3.05) is 59.0 Å². The summed E-state index contributed by atoms with van der Waals surface area (Å²) in [5, 5.41) is 3.40. The van der Waals surface area contributed by atoms with Crippen LogP contribution in [0, 0.1) is 29.6 Å². The minimum absolute atomic E-state index is 0.0969. The Morgan fingerprint density at radius 3 is 2.32 bits per heavy atom. The zero-order valence-corrected chi connectivity index (χ0v) is 23.6. The number of rotatable bonds is 9. The standard InChI is InChI=1S/C29H50N4O4/c1-20(2)5-6-25-27(34)33(12-9-30-25)26(13-21(3)4)28(35)32-10-7-29(8-11-32)36-18-22(19-37-29)15-31-16-23-14-24(23)17-31/h20-26,30H,5-19H2,1-4H3/t23?,24?,25-,26-/m0/s1. The molecule has 8 heteroatoms. The lowest BCUT2D eigenvalue weighted by atomic mass is 9.95. The molecule has 4 heterocycles. The molecule has 4 saturated heterocycles. The van der Waals surface area contributed by atoms with Crippen LogP contribution in [0.5, 0.6) is 0 Å². The molecule has 0 aromatic carbocycles. The Balaban J connectivity index is 1.13. The highest BCUT2D eigenvalue weighted by molar-refractivity contribution is 5.90. The molecular weight excluding hydrogens is 468 g/mol. The SMILES string of the molecule is CC(C)CC[C@@H]1NCCN([C@@H](CC(C)C)C(=O)N2CCC3(CC2)OCC(CN2CC4CC4C2)CO3)C1=O. The highest BCUT2D eigenvalue weighted by atomic mass is 16.7. The second-order valence-corrected chi connectivity index (χ2v) is 13.4. The third kappa shape index (κ3) is 6.51. The molecule has 0 radical (unpaired) electrons. The summed E-state index contributed by atoms with van der Waals surface area (Å²) in [6.45, 7) is 16.4. The molecule has 8 nitrogen and oxygen atoms in total. The van der Waals surface area contributed by atoms with Crippen LogP contribution in [0.3, 0.4) is 0 Å². The van der Waals surface area contributed by atoms with Crippen LogP contribution in [0.25, 0.3) is 0 Å². The molecule has 5 aliphatic rings. The molecule has 0 bridgehead atoms. The predicted octanol–water partition coefficient (Wildman–Crippen LogP) is 2.57. The number of hydrogen-bond acceptors (Lipinski definition) is 6. The first-order chi connectivity index (χ1) is 17.7. The van der Waals surface area contributed by atoms with Gasteiger partial charge in [0.25, 0.3) is 0 Å². The average Bonchev–Trinajstić information content (AvgIpc) is 3.49. The van der Waals surface area contributed by atoms with E-state index in [4.69, 9.17) is 9.47 Å². The van der Waals surface area contributed by atoms with Gasteiger partial charge < -0.3 is 29.5 Å². The summed E-state index contributed by atoms with van der Waals surface area (Å²) in [6.07, 6.45) is 5.40. The largest absolute Gasteiger partial charge is 0.349 e. The van der Waals surface area contributed by atoms with Crippen molar-refractivity contribution in [2.24, 2.45) is 29.6 Å². The Labute approximate surface area is 223 Å². The topological polar surface area (TPSA) is 74.3 Å². The molecule has 2 amide bonds. The number of nitrogens with one attached hydrogen (secondary N) is 1. The number of amides is 2. The van der Waals surface area contributed by atoms with Gasteiger partial charge in [-0.2, -0.15) is 0 Å². The summed E-state index contributed by atoms with van der Waals surface area (Å²) in [4.78, 5) is 33.7. The number of hydrogen-bond donors (Lipinski definition) is 1. The van der Waals surface area contributed by atoms with E-state index >= 15 is 0 Å². The molecule has 37 heavy (non-hydrogen) atoms. The first kappa shape index (κ1) is 27.4. The van der Waals surface area contributed by atoms with E-state index in [1.165, 1.54) is 19.5 Å². The molecule has 2 unspecified atom stereocenters. The van der Waals surface area contributed by atoms with Crippen molar-refractivity contribution in [3.05, 3.63) is 0 Å². The van der Waals surface area contributed by atoms with Gasteiger partial charge in [-0.3, -0.25) is 9.59 Å². The normalized spacial score (nSPS) is 31.4. The van der Waals surface area contributed by atoms with Crippen molar-refractivity contribution >= 4 is 11.8 Å². The van der Waals surface area contributed by atoms with E-state index in [1.807, 2.05) is 9.80 Å². The van der Waals surface area contributed by atoms with Crippen LogP contribution >= 0.6 is 0 Å². The van der Waals surface area contributed by atoms with Crippen LogP contribution in [0.1, 0.15) is 66.2 Å². The van der Waals surface area contributed by atoms with Crippen molar-refractivity contribution in [3.63, 3.8) is 0 Å². The first-order valence-corrected chi connectivity index (χ1v) is 15.1. The molecule has 1 saturated carbocycles. The highest BCUT2D eigenvalue weighted by Crippen LogP contribution is 2.45. The van der Waals surface area contributed by atoms with Gasteiger partial charge in [-0.15, -0.1) is 0 Å². The van der Waals surface area contributed by atoms with Gasteiger partial charge in [-0.05, 0) is 49.4 Å². The fourth-order valence-electron chi connectivity index (χ4n) is 6.91. The molecule has 4 aliphatic heterocycles. The molecule has 1 aliphatic carbocycles. The Hall–Kier alpha value is -1.22. The fourth-order valence-corrected chi connectivity index (χ4v) is 6.91. The number of ether oxygens (including phenoxy) is 2. The van der Waals surface area contributed by atoms with Crippen LogP contribution in [-0.4, -0.2) is 103 Å². The fraction of sp³-hybridized carbons (Fsp3) is 0.931. The van der Waals surface area contributed by atoms with Gasteiger partial charge in [0.1, 0.15) is 6.04 Å². The van der Waals surface area contributed by atoms with E-state index in [0.717, 1.165) is 51.0 Å². The summed E-state index contributed by atoms with van der Waals surface area (Å²) >= 11 is 0. The Morgan fingerprint density at radius 1 is 1.03 bits per heavy atom.